The molecule has 1 aliphatic rings. The number of aliphatic hydroxyl groups excluding tert-OH is 5. The Hall–Kier alpha value is -1.74. The predicted molar refractivity (Wildman–Crippen MR) is 90.6 cm³/mol. The van der Waals surface area contributed by atoms with Gasteiger partial charge in [0.1, 0.15) is 30.2 Å². The minimum atomic E-state index is -1.51. The highest BCUT2D eigenvalue weighted by atomic mass is 16.7. The Bertz CT molecular complexity index is 626. The van der Waals surface area contributed by atoms with Gasteiger partial charge in [-0.2, -0.15) is 0 Å². The van der Waals surface area contributed by atoms with Crippen molar-refractivity contribution in [3.63, 3.8) is 0 Å². The van der Waals surface area contributed by atoms with E-state index in [0.29, 0.717) is 16.9 Å². The molecule has 5 atom stereocenters. The molecular weight excluding hydrogens is 328 g/mol. The zero-order chi connectivity index (χ0) is 18.6. The quantitative estimate of drug-likeness (QED) is 0.455. The van der Waals surface area contributed by atoms with E-state index in [9.17, 15) is 25.5 Å². The number of aliphatic hydroxyl groups is 5. The fraction of sp³-hybridized carbons (Fsp3) is 0.444. The van der Waals surface area contributed by atoms with Gasteiger partial charge in [0.2, 0.25) is 6.29 Å². The van der Waals surface area contributed by atoms with Gasteiger partial charge in [-0.1, -0.05) is 30.4 Å². The minimum absolute atomic E-state index is 0.145. The van der Waals surface area contributed by atoms with E-state index in [0.717, 1.165) is 5.57 Å². The van der Waals surface area contributed by atoms with Crippen molar-refractivity contribution in [2.45, 2.75) is 44.2 Å². The monoisotopic (exact) mass is 352 g/mol. The average molecular weight is 352 g/mol. The first-order valence-corrected chi connectivity index (χ1v) is 7.92. The second kappa shape index (κ2) is 8.57. The van der Waals surface area contributed by atoms with Crippen LogP contribution in [0.25, 0.3) is 6.08 Å². The van der Waals surface area contributed by atoms with Crippen LogP contribution in [0.5, 0.6) is 5.75 Å². The highest BCUT2D eigenvalue weighted by Gasteiger charge is 2.44. The van der Waals surface area contributed by atoms with Gasteiger partial charge in [-0.25, -0.2) is 0 Å². The van der Waals surface area contributed by atoms with Crippen LogP contribution in [0.4, 0.5) is 0 Å². The van der Waals surface area contributed by atoms with Crippen LogP contribution < -0.4 is 4.74 Å². The molecule has 25 heavy (non-hydrogen) atoms. The largest absolute Gasteiger partial charge is 0.461 e. The van der Waals surface area contributed by atoms with Crippen molar-refractivity contribution in [2.75, 3.05) is 6.61 Å². The van der Waals surface area contributed by atoms with E-state index in [1.165, 1.54) is 0 Å². The van der Waals surface area contributed by atoms with Gasteiger partial charge < -0.3 is 35.0 Å². The first-order chi connectivity index (χ1) is 11.9. The molecule has 1 aliphatic heterocycles. The molecule has 1 heterocycles. The maximum atomic E-state index is 10.1. The normalized spacial score (nSPS) is 29.8. The van der Waals surface area contributed by atoms with Crippen molar-refractivity contribution >= 4 is 6.08 Å². The molecule has 0 amide bonds. The lowest BCUT2D eigenvalue weighted by Crippen LogP contribution is -2.60. The molecule has 0 radical (unpaired) electrons. The van der Waals surface area contributed by atoms with Crippen LogP contribution in [0.2, 0.25) is 0 Å². The molecule has 0 aliphatic carbocycles. The average Bonchev–Trinajstić information content (AvgIpc) is 2.61. The summed E-state index contributed by atoms with van der Waals surface area (Å²) < 4.78 is 11.0. The van der Waals surface area contributed by atoms with Gasteiger partial charge in [-0.15, -0.1) is 0 Å². The summed E-state index contributed by atoms with van der Waals surface area (Å²) in [5, 5.41) is 48.3. The molecule has 7 nitrogen and oxygen atoms in total. The minimum Gasteiger partial charge on any atom is -0.461 e. The lowest BCUT2D eigenvalue weighted by molar-refractivity contribution is -0.277. The molecule has 1 unspecified atom stereocenters. The third-order valence-corrected chi connectivity index (χ3v) is 3.90. The van der Waals surface area contributed by atoms with E-state index in [1.54, 1.807) is 30.4 Å². The predicted octanol–water partition coefficient (Wildman–Crippen LogP) is -0.0531. The lowest BCUT2D eigenvalue weighted by Gasteiger charge is -2.39. The Labute approximate surface area is 146 Å². The van der Waals surface area contributed by atoms with E-state index in [2.05, 4.69) is 6.58 Å². The Morgan fingerprint density at radius 2 is 1.92 bits per heavy atom. The van der Waals surface area contributed by atoms with Crippen molar-refractivity contribution in [3.05, 3.63) is 47.6 Å². The van der Waals surface area contributed by atoms with Gasteiger partial charge in [0, 0.05) is 5.56 Å². The van der Waals surface area contributed by atoms with Crippen LogP contribution >= 0.6 is 0 Å². The molecule has 0 spiro atoms. The summed E-state index contributed by atoms with van der Waals surface area (Å²) in [7, 11) is 0. The summed E-state index contributed by atoms with van der Waals surface area (Å²) in [4.78, 5) is 0. The van der Waals surface area contributed by atoms with Crippen LogP contribution in [-0.2, 0) is 11.3 Å². The van der Waals surface area contributed by atoms with Gasteiger partial charge in [-0.3, -0.25) is 0 Å². The van der Waals surface area contributed by atoms with E-state index in [1.807, 2.05) is 6.92 Å². The van der Waals surface area contributed by atoms with E-state index in [-0.39, 0.29) is 6.61 Å². The summed E-state index contributed by atoms with van der Waals surface area (Å²) >= 11 is 0. The summed E-state index contributed by atoms with van der Waals surface area (Å²) in [6.45, 7) is 4.93. The first kappa shape index (κ1) is 19.6. The van der Waals surface area contributed by atoms with Crippen LogP contribution in [0.15, 0.2) is 36.4 Å². The molecule has 0 saturated carbocycles. The van der Waals surface area contributed by atoms with Crippen LogP contribution in [0, 0.1) is 0 Å². The van der Waals surface area contributed by atoms with Crippen molar-refractivity contribution in [3.8, 4) is 5.75 Å². The van der Waals surface area contributed by atoms with Gasteiger partial charge >= 0.3 is 0 Å². The molecule has 0 bridgehead atoms. The van der Waals surface area contributed by atoms with Gasteiger partial charge in [-0.05, 0) is 24.6 Å². The van der Waals surface area contributed by atoms with Crippen LogP contribution in [-0.4, -0.2) is 62.8 Å². The number of allylic oxidation sites excluding steroid dienone is 2. The van der Waals surface area contributed by atoms with Crippen LogP contribution in [0.3, 0.4) is 0 Å². The van der Waals surface area contributed by atoms with Gasteiger partial charge in [0.25, 0.3) is 0 Å². The SMILES string of the molecule is C=C(C)C=Cc1cc(CO)ccc1OC1O[C@H](CO)[C@@H](O)[C@H](O)[C@H]1O. The zero-order valence-corrected chi connectivity index (χ0v) is 13.9. The molecule has 5 N–H and O–H groups in total. The summed E-state index contributed by atoms with van der Waals surface area (Å²) in [6.07, 6.45) is -3.27. The smallest absolute Gasteiger partial charge is 0.229 e. The molecule has 7 heteroatoms. The molecule has 138 valence electrons. The number of ether oxygens (including phenoxy) is 2. The second-order valence-corrected chi connectivity index (χ2v) is 6.03. The zero-order valence-electron chi connectivity index (χ0n) is 13.9. The highest BCUT2D eigenvalue weighted by molar-refractivity contribution is 5.60. The maximum Gasteiger partial charge on any atom is 0.229 e. The van der Waals surface area contributed by atoms with Crippen molar-refractivity contribution in [1.82, 2.24) is 0 Å². The fourth-order valence-electron chi connectivity index (χ4n) is 2.46. The lowest BCUT2D eigenvalue weighted by atomic mass is 9.99. The number of rotatable bonds is 6. The van der Waals surface area contributed by atoms with Gasteiger partial charge in [0.05, 0.1) is 13.2 Å². The molecular formula is C18H24O7. The first-order valence-electron chi connectivity index (χ1n) is 7.92. The Morgan fingerprint density at radius 3 is 2.52 bits per heavy atom. The van der Waals surface area contributed by atoms with Crippen molar-refractivity contribution in [2.24, 2.45) is 0 Å². The molecule has 1 aromatic carbocycles. The van der Waals surface area contributed by atoms with Gasteiger partial charge in [0.15, 0.2) is 0 Å². The van der Waals surface area contributed by atoms with Crippen molar-refractivity contribution < 1.29 is 35.0 Å². The Morgan fingerprint density at radius 1 is 1.20 bits per heavy atom. The fourth-order valence-corrected chi connectivity index (χ4v) is 2.46. The van der Waals surface area contributed by atoms with Crippen molar-refractivity contribution in [1.29, 1.82) is 0 Å². The molecule has 2 rings (SSSR count). The maximum absolute atomic E-state index is 10.1. The topological polar surface area (TPSA) is 120 Å². The molecule has 0 aromatic heterocycles. The summed E-state index contributed by atoms with van der Waals surface area (Å²) in [5.41, 5.74) is 2.10. The highest BCUT2D eigenvalue weighted by Crippen LogP contribution is 2.28. The van der Waals surface area contributed by atoms with Crippen LogP contribution in [0.1, 0.15) is 18.1 Å². The third kappa shape index (κ3) is 4.66. The Balaban J connectivity index is 2.27. The van der Waals surface area contributed by atoms with E-state index >= 15 is 0 Å². The standard InChI is InChI=1S/C18H24O7/c1-10(2)3-5-12-7-11(8-19)4-6-13(12)24-18-17(23)16(22)15(21)14(9-20)25-18/h3-7,14-23H,1,8-9H2,2H3/t14-,15-,16+,17-,18?/m1/s1. The molecule has 1 aromatic rings. The van der Waals surface area contributed by atoms with E-state index in [4.69, 9.17) is 9.47 Å². The Kier molecular flexibility index (Phi) is 6.71. The number of hydrogen-bond donors (Lipinski definition) is 5. The summed E-state index contributed by atoms with van der Waals surface area (Å²) in [5.74, 6) is 0.346. The molecule has 1 saturated heterocycles. The third-order valence-electron chi connectivity index (χ3n) is 3.90. The molecule has 1 fully saturated rings. The number of benzene rings is 1. The number of hydrogen-bond acceptors (Lipinski definition) is 7. The summed E-state index contributed by atoms with van der Waals surface area (Å²) in [6, 6.07) is 4.96. The van der Waals surface area contributed by atoms with E-state index < -0.39 is 37.3 Å². The second-order valence-electron chi connectivity index (χ2n) is 6.03.